The van der Waals surface area contributed by atoms with E-state index in [4.69, 9.17) is 5.11 Å². The number of rotatable bonds is 4. The molecule has 2 N–H and O–H groups in total. The molecule has 0 aliphatic heterocycles. The fourth-order valence-corrected chi connectivity index (χ4v) is 3.04. The minimum atomic E-state index is -1.21. The minimum absolute atomic E-state index is 0.131. The van der Waals surface area contributed by atoms with Crippen LogP contribution in [0.1, 0.15) is 27.1 Å². The van der Waals surface area contributed by atoms with Gasteiger partial charge in [-0.2, -0.15) is 0 Å². The van der Waals surface area contributed by atoms with Crippen LogP contribution < -0.4 is 5.32 Å². The fourth-order valence-electron chi connectivity index (χ4n) is 1.47. The maximum absolute atomic E-state index is 11.4. The van der Waals surface area contributed by atoms with Crippen LogP contribution in [-0.2, 0) is 0 Å². The van der Waals surface area contributed by atoms with Crippen LogP contribution in [0.3, 0.4) is 0 Å². The second kappa shape index (κ2) is 6.02. The molecule has 0 aliphatic carbocycles. The maximum Gasteiger partial charge on any atom is 0.356 e. The van der Waals surface area contributed by atoms with Crippen LogP contribution in [0.4, 0.5) is 10.8 Å². The number of thiazole rings is 1. The lowest BCUT2D eigenvalue weighted by atomic mass is 10.3. The molecule has 1 aromatic heterocycles. The molecular formula is C12H8Br2N2O3S. The summed E-state index contributed by atoms with van der Waals surface area (Å²) in [4.78, 5) is 26.6. The number of aromatic nitrogens is 1. The maximum atomic E-state index is 11.4. The molecule has 104 valence electrons. The number of hydrogen-bond acceptors (Lipinski definition) is 5. The Balaban J connectivity index is 2.39. The van der Waals surface area contributed by atoms with Crippen molar-refractivity contribution in [1.29, 1.82) is 0 Å². The first-order valence-corrected chi connectivity index (χ1v) is 7.76. The van der Waals surface area contributed by atoms with E-state index in [0.29, 0.717) is 5.13 Å². The Hall–Kier alpha value is -1.25. The van der Waals surface area contributed by atoms with E-state index in [-0.39, 0.29) is 16.4 Å². The molecule has 0 unspecified atom stereocenters. The van der Waals surface area contributed by atoms with E-state index in [9.17, 15) is 9.59 Å². The normalized spacial score (nSPS) is 10.3. The van der Waals surface area contributed by atoms with E-state index >= 15 is 0 Å². The highest BCUT2D eigenvalue weighted by Gasteiger charge is 2.20. The zero-order valence-electron chi connectivity index (χ0n) is 10.1. The van der Waals surface area contributed by atoms with E-state index in [2.05, 4.69) is 42.2 Å². The zero-order valence-corrected chi connectivity index (χ0v) is 14.1. The number of benzene rings is 1. The molecule has 0 spiro atoms. The number of ketones is 1. The first-order chi connectivity index (χ1) is 9.38. The van der Waals surface area contributed by atoms with Gasteiger partial charge >= 0.3 is 5.97 Å². The fraction of sp³-hybridized carbons (Fsp3) is 0.0833. The van der Waals surface area contributed by atoms with Crippen LogP contribution in [0, 0.1) is 0 Å². The highest BCUT2D eigenvalue weighted by atomic mass is 79.9. The third-order valence-electron chi connectivity index (χ3n) is 2.32. The van der Waals surface area contributed by atoms with Crippen molar-refractivity contribution in [2.45, 2.75) is 6.92 Å². The third kappa shape index (κ3) is 3.25. The smallest absolute Gasteiger partial charge is 0.356 e. The molecule has 0 saturated carbocycles. The molecule has 0 fully saturated rings. The van der Waals surface area contributed by atoms with Crippen molar-refractivity contribution in [3.05, 3.63) is 37.7 Å². The molecule has 2 rings (SSSR count). The van der Waals surface area contributed by atoms with E-state index < -0.39 is 5.97 Å². The summed E-state index contributed by atoms with van der Waals surface area (Å²) in [6.45, 7) is 1.32. The molecule has 1 aromatic carbocycles. The minimum Gasteiger partial charge on any atom is -0.476 e. The molecular weight excluding hydrogens is 412 g/mol. The lowest BCUT2D eigenvalue weighted by Gasteiger charge is -2.05. The molecule has 0 saturated heterocycles. The summed E-state index contributed by atoms with van der Waals surface area (Å²) in [6, 6.07) is 5.52. The van der Waals surface area contributed by atoms with Crippen LogP contribution in [0.5, 0.6) is 0 Å². The molecule has 0 bridgehead atoms. The molecule has 2 aromatic rings. The number of carboxylic acids is 1. The van der Waals surface area contributed by atoms with Crippen LogP contribution in [0.15, 0.2) is 27.1 Å². The van der Waals surface area contributed by atoms with Gasteiger partial charge in [-0.15, -0.1) is 0 Å². The van der Waals surface area contributed by atoms with Gasteiger partial charge in [0.2, 0.25) is 0 Å². The van der Waals surface area contributed by atoms with E-state index in [1.165, 1.54) is 6.92 Å². The number of aromatic carboxylic acids is 1. The first-order valence-electron chi connectivity index (χ1n) is 5.35. The van der Waals surface area contributed by atoms with Crippen molar-refractivity contribution in [2.24, 2.45) is 0 Å². The molecule has 8 heteroatoms. The van der Waals surface area contributed by atoms with Gasteiger partial charge in [-0.1, -0.05) is 27.3 Å². The number of nitrogens with zero attached hydrogens (tertiary/aromatic N) is 1. The average molecular weight is 420 g/mol. The van der Waals surface area contributed by atoms with Crippen LogP contribution in [0.2, 0.25) is 0 Å². The lowest BCUT2D eigenvalue weighted by molar-refractivity contribution is 0.0687. The Labute approximate surface area is 135 Å². The van der Waals surface area contributed by atoms with Crippen molar-refractivity contribution in [1.82, 2.24) is 4.98 Å². The molecule has 0 amide bonds. The van der Waals surface area contributed by atoms with Gasteiger partial charge < -0.3 is 10.4 Å². The highest BCUT2D eigenvalue weighted by Crippen LogP contribution is 2.32. The molecule has 0 aliphatic rings. The van der Waals surface area contributed by atoms with Crippen molar-refractivity contribution in [3.8, 4) is 0 Å². The van der Waals surface area contributed by atoms with Crippen molar-refractivity contribution < 1.29 is 14.7 Å². The van der Waals surface area contributed by atoms with Gasteiger partial charge in [-0.25, -0.2) is 9.78 Å². The zero-order chi connectivity index (χ0) is 14.9. The van der Waals surface area contributed by atoms with Crippen LogP contribution in [0.25, 0.3) is 0 Å². The Morgan fingerprint density at radius 3 is 2.60 bits per heavy atom. The van der Waals surface area contributed by atoms with Gasteiger partial charge in [0.1, 0.15) is 4.88 Å². The second-order valence-corrected chi connectivity index (χ2v) is 6.58. The quantitative estimate of drug-likeness (QED) is 0.721. The SMILES string of the molecule is CC(=O)c1sc(Nc2cc(Br)ccc2Br)nc1C(=O)O. The standard InChI is InChI=1S/C12H8Br2N2O3S/c1-5(17)10-9(11(18)19)16-12(20-10)15-8-4-6(13)2-3-7(8)14/h2-4H,1H3,(H,15,16)(H,18,19). The van der Waals surface area contributed by atoms with Crippen LogP contribution in [-0.4, -0.2) is 21.8 Å². The number of carbonyl (C=O) groups is 2. The monoisotopic (exact) mass is 418 g/mol. The van der Waals surface area contributed by atoms with E-state index in [1.54, 1.807) is 0 Å². The molecule has 0 atom stereocenters. The van der Waals surface area contributed by atoms with Gasteiger partial charge in [0.25, 0.3) is 0 Å². The molecule has 20 heavy (non-hydrogen) atoms. The topological polar surface area (TPSA) is 79.3 Å². The van der Waals surface area contributed by atoms with Crippen molar-refractivity contribution in [2.75, 3.05) is 5.32 Å². The van der Waals surface area contributed by atoms with Crippen molar-refractivity contribution in [3.63, 3.8) is 0 Å². The average Bonchev–Trinajstić information content (AvgIpc) is 2.78. The third-order valence-corrected chi connectivity index (χ3v) is 4.58. The van der Waals surface area contributed by atoms with Gasteiger partial charge in [0.05, 0.1) is 5.69 Å². The number of hydrogen-bond donors (Lipinski definition) is 2. The summed E-state index contributed by atoms with van der Waals surface area (Å²) >= 11 is 7.75. The largest absolute Gasteiger partial charge is 0.476 e. The highest BCUT2D eigenvalue weighted by molar-refractivity contribution is 9.11. The Bertz CT molecular complexity index is 669. The number of anilines is 2. The Morgan fingerprint density at radius 2 is 2.05 bits per heavy atom. The molecule has 0 radical (unpaired) electrons. The summed E-state index contributed by atoms with van der Waals surface area (Å²) in [5.74, 6) is -1.53. The first kappa shape index (κ1) is 15.1. The van der Waals surface area contributed by atoms with E-state index in [0.717, 1.165) is 26.0 Å². The Morgan fingerprint density at radius 1 is 1.35 bits per heavy atom. The number of nitrogens with one attached hydrogen (secondary N) is 1. The van der Waals surface area contributed by atoms with Gasteiger partial charge in [-0.3, -0.25) is 4.79 Å². The predicted molar refractivity (Wildman–Crippen MR) is 84.2 cm³/mol. The summed E-state index contributed by atoms with van der Waals surface area (Å²) < 4.78 is 1.67. The number of Topliss-reactive ketones (excluding diaryl/α,β-unsaturated/α-hetero) is 1. The van der Waals surface area contributed by atoms with E-state index in [1.807, 2.05) is 18.2 Å². The van der Waals surface area contributed by atoms with Gasteiger partial charge in [0, 0.05) is 15.9 Å². The number of carbonyl (C=O) groups excluding carboxylic acids is 1. The van der Waals surface area contributed by atoms with Gasteiger partial charge in [-0.05, 0) is 34.1 Å². The summed E-state index contributed by atoms with van der Waals surface area (Å²) in [7, 11) is 0. The number of carboxylic acid groups (broad SMARTS) is 1. The predicted octanol–water partition coefficient (Wildman–Crippen LogP) is 4.31. The summed E-state index contributed by atoms with van der Waals surface area (Å²) in [5, 5.41) is 12.4. The van der Waals surface area contributed by atoms with Crippen molar-refractivity contribution >= 4 is 65.8 Å². The number of halogens is 2. The van der Waals surface area contributed by atoms with Gasteiger partial charge in [0.15, 0.2) is 16.6 Å². The summed E-state index contributed by atoms with van der Waals surface area (Å²) in [6.07, 6.45) is 0. The lowest BCUT2D eigenvalue weighted by Crippen LogP contribution is -2.03. The van der Waals surface area contributed by atoms with Crippen LogP contribution >= 0.6 is 43.2 Å². The molecule has 5 nitrogen and oxygen atoms in total. The second-order valence-electron chi connectivity index (χ2n) is 3.81. The Kier molecular flexibility index (Phi) is 4.56. The summed E-state index contributed by atoms with van der Waals surface area (Å²) in [5.41, 5.74) is 0.497. The molecule has 1 heterocycles.